The van der Waals surface area contributed by atoms with Crippen LogP contribution in [0.4, 0.5) is 0 Å². The van der Waals surface area contributed by atoms with Crippen LogP contribution in [-0.4, -0.2) is 23.4 Å². The summed E-state index contributed by atoms with van der Waals surface area (Å²) in [6, 6.07) is 2.52. The smallest absolute Gasteiger partial charge is 0.243 e. The van der Waals surface area contributed by atoms with E-state index in [-0.39, 0.29) is 34.6 Å². The molecule has 8 atom stereocenters. The van der Waals surface area contributed by atoms with E-state index in [4.69, 9.17) is 0 Å². The molecule has 2 N–H and O–H groups in total. The van der Waals surface area contributed by atoms with E-state index in [0.717, 1.165) is 38.5 Å². The molecule has 3 fully saturated rings. The van der Waals surface area contributed by atoms with E-state index in [1.54, 1.807) is 6.08 Å². The third-order valence-electron chi connectivity index (χ3n) is 9.36. The lowest BCUT2D eigenvalue weighted by Crippen LogP contribution is -2.59. The number of carbonyl (C=O) groups excluding carboxylic acids is 2. The number of fused-ring (bicyclic) bond motifs is 5. The van der Waals surface area contributed by atoms with Gasteiger partial charge in [0.05, 0.1) is 6.07 Å². The summed E-state index contributed by atoms with van der Waals surface area (Å²) in [7, 11) is 0. The number of nitriles is 1. The summed E-state index contributed by atoms with van der Waals surface area (Å²) in [5.74, 6) is 1.85. The highest BCUT2D eigenvalue weighted by Crippen LogP contribution is 2.65. The predicted octanol–water partition coefficient (Wildman–Crippen LogP) is 3.71. The molecular formula is C24H35N3O2. The molecule has 5 nitrogen and oxygen atoms in total. The van der Waals surface area contributed by atoms with Crippen molar-refractivity contribution < 1.29 is 9.59 Å². The number of hydrogen-bond acceptors (Lipinski definition) is 3. The molecule has 0 spiro atoms. The van der Waals surface area contributed by atoms with Crippen molar-refractivity contribution in [3.63, 3.8) is 0 Å². The van der Waals surface area contributed by atoms with Gasteiger partial charge in [-0.2, -0.15) is 5.26 Å². The Labute approximate surface area is 174 Å². The fourth-order valence-corrected chi connectivity index (χ4v) is 7.32. The van der Waals surface area contributed by atoms with Crippen molar-refractivity contribution in [1.29, 1.82) is 5.26 Å². The maximum absolute atomic E-state index is 13.2. The van der Waals surface area contributed by atoms with Gasteiger partial charge in [0.15, 0.2) is 0 Å². The van der Waals surface area contributed by atoms with E-state index >= 15 is 0 Å². The number of amides is 2. The highest BCUT2D eigenvalue weighted by atomic mass is 16.2. The molecule has 0 aromatic rings. The fourth-order valence-electron chi connectivity index (χ4n) is 7.32. The Balaban J connectivity index is 1.56. The molecular weight excluding hydrogens is 362 g/mol. The van der Waals surface area contributed by atoms with Gasteiger partial charge >= 0.3 is 0 Å². The minimum absolute atomic E-state index is 0.000180. The Morgan fingerprint density at radius 2 is 2.03 bits per heavy atom. The summed E-state index contributed by atoms with van der Waals surface area (Å²) >= 11 is 0. The van der Waals surface area contributed by atoms with Gasteiger partial charge in [-0.15, -0.1) is 0 Å². The SMILES string of the molecule is CCC(C)(C#N)NC(=O)[C@H]1CC[C@H]2[C@@H]3CC[C@H]4NC(=O)C=C[C@]4(C)[C@H]3CC[C@]12C. The third kappa shape index (κ3) is 3.02. The minimum Gasteiger partial charge on any atom is -0.349 e. The zero-order valence-corrected chi connectivity index (χ0v) is 18.3. The second-order valence-electron chi connectivity index (χ2n) is 10.7. The fraction of sp³-hybridized carbons (Fsp3) is 0.792. The van der Waals surface area contributed by atoms with Crippen LogP contribution in [0.1, 0.15) is 72.6 Å². The molecule has 0 radical (unpaired) electrons. The second kappa shape index (κ2) is 6.86. The summed E-state index contributed by atoms with van der Waals surface area (Å²) in [4.78, 5) is 25.1. The molecule has 0 aromatic heterocycles. The molecule has 0 saturated heterocycles. The summed E-state index contributed by atoms with van der Waals surface area (Å²) in [5.41, 5.74) is -0.736. The zero-order chi connectivity index (χ0) is 21.0. The largest absolute Gasteiger partial charge is 0.349 e. The molecule has 4 rings (SSSR count). The molecule has 1 unspecified atom stereocenters. The summed E-state index contributed by atoms with van der Waals surface area (Å²) in [6.45, 7) is 8.42. The average Bonchev–Trinajstić information content (AvgIpc) is 3.05. The van der Waals surface area contributed by atoms with Gasteiger partial charge in [-0.05, 0) is 81.1 Å². The van der Waals surface area contributed by atoms with Gasteiger partial charge in [-0.3, -0.25) is 9.59 Å². The van der Waals surface area contributed by atoms with Crippen molar-refractivity contribution in [2.75, 3.05) is 0 Å². The number of nitrogens with zero attached hydrogens (tertiary/aromatic N) is 1. The van der Waals surface area contributed by atoms with E-state index in [9.17, 15) is 14.9 Å². The molecule has 1 aliphatic heterocycles. The van der Waals surface area contributed by atoms with Crippen LogP contribution in [0.25, 0.3) is 0 Å². The lowest BCUT2D eigenvalue weighted by molar-refractivity contribution is -0.135. The first-order valence-corrected chi connectivity index (χ1v) is 11.4. The summed E-state index contributed by atoms with van der Waals surface area (Å²) in [6.07, 6.45) is 10.9. The Morgan fingerprint density at radius 3 is 2.72 bits per heavy atom. The normalized spacial score (nSPS) is 45.1. The standard InChI is InChI=1S/C24H35N3O2/c1-5-22(2,14-25)27-21(29)18-8-7-16-15-6-9-19-24(4,13-11-20(28)26-19)17(15)10-12-23(16,18)3/h11,13,15-19H,5-10,12H2,1-4H3,(H,26,28)(H,27,29)/t15-,16-,17-,18+,19+,22?,23-,24+/m0/s1. The highest BCUT2D eigenvalue weighted by molar-refractivity contribution is 5.89. The van der Waals surface area contributed by atoms with Gasteiger partial charge in [0.2, 0.25) is 11.8 Å². The van der Waals surface area contributed by atoms with Gasteiger partial charge < -0.3 is 10.6 Å². The number of rotatable bonds is 3. The van der Waals surface area contributed by atoms with Crippen molar-refractivity contribution in [2.45, 2.75) is 84.2 Å². The molecule has 1 heterocycles. The second-order valence-corrected chi connectivity index (χ2v) is 10.7. The average molecular weight is 398 g/mol. The van der Waals surface area contributed by atoms with Gasteiger partial charge in [-0.25, -0.2) is 0 Å². The van der Waals surface area contributed by atoms with Crippen LogP contribution >= 0.6 is 0 Å². The predicted molar refractivity (Wildman–Crippen MR) is 111 cm³/mol. The molecule has 3 saturated carbocycles. The van der Waals surface area contributed by atoms with Crippen molar-refractivity contribution >= 4 is 11.8 Å². The van der Waals surface area contributed by atoms with E-state index in [2.05, 4.69) is 36.6 Å². The van der Waals surface area contributed by atoms with Crippen LogP contribution in [0, 0.1) is 45.8 Å². The van der Waals surface area contributed by atoms with E-state index in [1.165, 1.54) is 0 Å². The first-order chi connectivity index (χ1) is 13.7. The number of hydrogen-bond donors (Lipinski definition) is 2. The molecule has 4 aliphatic rings. The lowest BCUT2D eigenvalue weighted by atomic mass is 9.48. The molecule has 29 heavy (non-hydrogen) atoms. The van der Waals surface area contributed by atoms with Crippen LogP contribution < -0.4 is 10.6 Å². The Kier molecular flexibility index (Phi) is 4.83. The molecule has 5 heteroatoms. The minimum atomic E-state index is -0.778. The monoisotopic (exact) mass is 397 g/mol. The van der Waals surface area contributed by atoms with E-state index in [1.807, 2.05) is 13.8 Å². The highest BCUT2D eigenvalue weighted by Gasteiger charge is 2.61. The van der Waals surface area contributed by atoms with Crippen molar-refractivity contribution in [3.05, 3.63) is 12.2 Å². The number of nitrogens with one attached hydrogen (secondary N) is 2. The van der Waals surface area contributed by atoms with Crippen LogP contribution in [0.2, 0.25) is 0 Å². The maximum Gasteiger partial charge on any atom is 0.243 e. The Bertz CT molecular complexity index is 785. The molecule has 0 bridgehead atoms. The van der Waals surface area contributed by atoms with E-state index in [0.29, 0.717) is 24.2 Å². The zero-order valence-electron chi connectivity index (χ0n) is 18.3. The number of carbonyl (C=O) groups is 2. The third-order valence-corrected chi connectivity index (χ3v) is 9.36. The first kappa shape index (κ1) is 20.4. The Morgan fingerprint density at radius 1 is 1.28 bits per heavy atom. The quantitative estimate of drug-likeness (QED) is 0.762. The van der Waals surface area contributed by atoms with Crippen LogP contribution in [0.5, 0.6) is 0 Å². The lowest BCUT2D eigenvalue weighted by Gasteiger charge is -2.58. The summed E-state index contributed by atoms with van der Waals surface area (Å²) in [5, 5.41) is 15.8. The van der Waals surface area contributed by atoms with Crippen molar-refractivity contribution in [1.82, 2.24) is 10.6 Å². The summed E-state index contributed by atoms with van der Waals surface area (Å²) < 4.78 is 0. The Hall–Kier alpha value is -1.83. The van der Waals surface area contributed by atoms with Crippen LogP contribution in [0.3, 0.4) is 0 Å². The maximum atomic E-state index is 13.2. The van der Waals surface area contributed by atoms with Gasteiger partial charge in [0.1, 0.15) is 5.54 Å². The van der Waals surface area contributed by atoms with Crippen LogP contribution in [0.15, 0.2) is 12.2 Å². The first-order valence-electron chi connectivity index (χ1n) is 11.4. The molecule has 3 aliphatic carbocycles. The molecule has 158 valence electrons. The molecule has 0 aromatic carbocycles. The van der Waals surface area contributed by atoms with E-state index < -0.39 is 5.54 Å². The van der Waals surface area contributed by atoms with Crippen LogP contribution in [-0.2, 0) is 9.59 Å². The topological polar surface area (TPSA) is 82.0 Å². The van der Waals surface area contributed by atoms with Gasteiger partial charge in [0.25, 0.3) is 0 Å². The van der Waals surface area contributed by atoms with Gasteiger partial charge in [-0.1, -0.05) is 26.8 Å². The van der Waals surface area contributed by atoms with Gasteiger partial charge in [0, 0.05) is 17.4 Å². The van der Waals surface area contributed by atoms with Crippen molar-refractivity contribution in [3.8, 4) is 6.07 Å². The molecule has 2 amide bonds. The van der Waals surface area contributed by atoms with Crippen molar-refractivity contribution in [2.24, 2.45) is 34.5 Å².